The molecule has 238 valence electrons. The number of aliphatic hydroxyl groups excluding tert-OH is 1. The minimum atomic E-state index is -0.439. The van der Waals surface area contributed by atoms with Gasteiger partial charge in [0.15, 0.2) is 5.76 Å². The van der Waals surface area contributed by atoms with Gasteiger partial charge in [-0.25, -0.2) is 0 Å². The van der Waals surface area contributed by atoms with Crippen molar-refractivity contribution in [3.63, 3.8) is 0 Å². The van der Waals surface area contributed by atoms with E-state index in [1.165, 1.54) is 5.57 Å². The largest absolute Gasteiger partial charge is 0.504 e. The predicted molar refractivity (Wildman–Crippen MR) is 172 cm³/mol. The summed E-state index contributed by atoms with van der Waals surface area (Å²) in [5.74, 6) is 0.729. The molecule has 7 heteroatoms. The van der Waals surface area contributed by atoms with Crippen molar-refractivity contribution in [2.45, 2.75) is 120 Å². The van der Waals surface area contributed by atoms with E-state index in [0.29, 0.717) is 24.0 Å². The van der Waals surface area contributed by atoms with Crippen LogP contribution in [0.3, 0.4) is 0 Å². The summed E-state index contributed by atoms with van der Waals surface area (Å²) >= 11 is 0. The van der Waals surface area contributed by atoms with Crippen LogP contribution in [0, 0.1) is 38.9 Å². The number of carbonyl (C=O) groups excluding carboxylic acids is 2. The Morgan fingerprint density at radius 3 is 2.52 bits per heavy atom. The van der Waals surface area contributed by atoms with Gasteiger partial charge in [-0.15, -0.1) is 5.10 Å². The molecule has 1 aromatic rings. The monoisotopic (exact) mass is 600 g/mol. The smallest absolute Gasteiger partial charge is 0.226 e. The zero-order valence-electron chi connectivity index (χ0n) is 28.1. The molecule has 0 aromatic carbocycles. The Kier molecular flexibility index (Phi) is 7.25. The highest BCUT2D eigenvalue weighted by atomic mass is 16.3. The summed E-state index contributed by atoms with van der Waals surface area (Å²) in [5.41, 5.74) is 4.46. The number of hydrogen-bond acceptors (Lipinski definition) is 5. The van der Waals surface area contributed by atoms with Crippen molar-refractivity contribution in [3.05, 3.63) is 58.2 Å². The first kappa shape index (κ1) is 31.0. The number of ketones is 1. The predicted octanol–water partition coefficient (Wildman–Crippen LogP) is 7.57. The van der Waals surface area contributed by atoms with Crippen LogP contribution in [0.5, 0.6) is 0 Å². The topological polar surface area (TPSA) is 97.1 Å². The van der Waals surface area contributed by atoms with E-state index in [9.17, 15) is 14.7 Å². The van der Waals surface area contributed by atoms with Crippen molar-refractivity contribution in [3.8, 4) is 0 Å². The second-order valence-corrected chi connectivity index (χ2v) is 16.4. The molecule has 5 aliphatic rings. The van der Waals surface area contributed by atoms with E-state index in [1.54, 1.807) is 6.08 Å². The number of amides is 1. The number of carbonyl (C=O) groups is 2. The van der Waals surface area contributed by atoms with Gasteiger partial charge < -0.3 is 10.4 Å². The highest BCUT2D eigenvalue weighted by Crippen LogP contribution is 2.75. The van der Waals surface area contributed by atoms with Crippen LogP contribution in [0.1, 0.15) is 112 Å². The molecule has 0 bridgehead atoms. The molecule has 0 saturated heterocycles. The zero-order chi connectivity index (χ0) is 31.9. The van der Waals surface area contributed by atoms with Gasteiger partial charge >= 0.3 is 0 Å². The van der Waals surface area contributed by atoms with Crippen LogP contribution in [0.25, 0.3) is 0 Å². The Morgan fingerprint density at radius 2 is 1.80 bits per heavy atom. The van der Waals surface area contributed by atoms with Crippen molar-refractivity contribution in [1.29, 1.82) is 0 Å². The third-order valence-electron chi connectivity index (χ3n) is 13.4. The van der Waals surface area contributed by atoms with E-state index in [2.05, 4.69) is 76.2 Å². The van der Waals surface area contributed by atoms with E-state index >= 15 is 0 Å². The van der Waals surface area contributed by atoms with Gasteiger partial charge in [-0.3, -0.25) is 14.3 Å². The minimum absolute atomic E-state index is 0.0179. The highest BCUT2D eigenvalue weighted by Gasteiger charge is 2.67. The molecule has 3 fully saturated rings. The fourth-order valence-electron chi connectivity index (χ4n) is 9.97. The molecule has 1 heterocycles. The molecule has 7 nitrogen and oxygen atoms in total. The van der Waals surface area contributed by atoms with Crippen molar-refractivity contribution in [1.82, 2.24) is 20.3 Å². The third-order valence-corrected chi connectivity index (χ3v) is 13.4. The SMILES string of the molecule is CC1=C(O)C(=O)C=C2C1=CC=C1[C@@]2(C)CC[C@@]2(C)[C@@H]3C[C@](C)(C(=O)NCc4cn(CCC(C)C)nn4)CC[C@]3(C)CC[C@]12C. The summed E-state index contributed by atoms with van der Waals surface area (Å²) in [6.07, 6.45) is 16.3. The van der Waals surface area contributed by atoms with E-state index in [0.717, 1.165) is 74.8 Å². The van der Waals surface area contributed by atoms with Gasteiger partial charge in [0.25, 0.3) is 0 Å². The summed E-state index contributed by atoms with van der Waals surface area (Å²) in [6.45, 7) is 19.5. The van der Waals surface area contributed by atoms with Crippen molar-refractivity contribution in [2.24, 2.45) is 38.9 Å². The quantitative estimate of drug-likeness (QED) is 0.351. The van der Waals surface area contributed by atoms with Gasteiger partial charge in [-0.2, -0.15) is 0 Å². The van der Waals surface area contributed by atoms with Crippen LogP contribution in [-0.4, -0.2) is 31.8 Å². The summed E-state index contributed by atoms with van der Waals surface area (Å²) in [6, 6.07) is 0. The standard InChI is InChI=1S/C37H52N4O3/c1-23(2)11-18-41-22-25(39-40-41)21-38-32(44)34(5)13-12-33(4)14-16-36(7)29-10-9-26-24(3)31(43)28(42)19-27(26)35(29,6)15-17-37(36,8)30(33)20-34/h9-10,19,22-23,30,43H,11-18,20-21H2,1-8H3,(H,38,44)/t30-,33-,34-,35+,36-,37+/m1/s1. The Hall–Kier alpha value is -2.96. The van der Waals surface area contributed by atoms with Crippen LogP contribution >= 0.6 is 0 Å². The number of fused-ring (bicyclic) bond motifs is 7. The number of aliphatic hydroxyl groups is 1. The molecular weight excluding hydrogens is 548 g/mol. The minimum Gasteiger partial charge on any atom is -0.504 e. The summed E-state index contributed by atoms with van der Waals surface area (Å²) in [7, 11) is 0. The van der Waals surface area contributed by atoms with Crippen LogP contribution < -0.4 is 5.32 Å². The van der Waals surface area contributed by atoms with Crippen molar-refractivity contribution < 1.29 is 14.7 Å². The average Bonchev–Trinajstić information content (AvgIpc) is 3.44. The van der Waals surface area contributed by atoms with Crippen LogP contribution in [0.4, 0.5) is 0 Å². The van der Waals surface area contributed by atoms with Crippen molar-refractivity contribution in [2.75, 3.05) is 0 Å². The first-order valence-corrected chi connectivity index (χ1v) is 16.8. The Balaban J connectivity index is 1.26. The second-order valence-electron chi connectivity index (χ2n) is 16.4. The van der Waals surface area contributed by atoms with Crippen molar-refractivity contribution >= 4 is 11.7 Å². The fourth-order valence-corrected chi connectivity index (χ4v) is 9.97. The molecule has 6 rings (SSSR count). The second kappa shape index (κ2) is 10.3. The van der Waals surface area contributed by atoms with Crippen LogP contribution in [0.2, 0.25) is 0 Å². The van der Waals surface area contributed by atoms with E-state index in [4.69, 9.17) is 0 Å². The third kappa shape index (κ3) is 4.50. The van der Waals surface area contributed by atoms with E-state index in [-0.39, 0.29) is 39.1 Å². The zero-order valence-corrected chi connectivity index (χ0v) is 28.1. The maximum absolute atomic E-state index is 13.9. The molecule has 1 amide bonds. The summed E-state index contributed by atoms with van der Waals surface area (Å²) in [4.78, 5) is 26.7. The number of rotatable bonds is 6. The van der Waals surface area contributed by atoms with Gasteiger partial charge in [0.05, 0.1) is 12.7 Å². The van der Waals surface area contributed by atoms with E-state index in [1.807, 2.05) is 17.8 Å². The van der Waals surface area contributed by atoms with Gasteiger partial charge in [-0.1, -0.05) is 71.4 Å². The molecule has 0 spiro atoms. The summed E-state index contributed by atoms with van der Waals surface area (Å²) in [5, 5.41) is 22.3. The first-order chi connectivity index (χ1) is 20.6. The number of hydrogen-bond donors (Lipinski definition) is 2. The van der Waals surface area contributed by atoms with Gasteiger partial charge in [0.2, 0.25) is 11.7 Å². The van der Waals surface area contributed by atoms with Crippen LogP contribution in [-0.2, 0) is 22.7 Å². The van der Waals surface area contributed by atoms with Crippen LogP contribution in [0.15, 0.2) is 52.5 Å². The maximum Gasteiger partial charge on any atom is 0.226 e. The maximum atomic E-state index is 13.9. The molecule has 5 aliphatic carbocycles. The fraction of sp³-hybridized carbons (Fsp3) is 0.676. The lowest BCUT2D eigenvalue weighted by Gasteiger charge is -2.70. The first-order valence-electron chi connectivity index (χ1n) is 16.8. The highest BCUT2D eigenvalue weighted by molar-refractivity contribution is 6.06. The lowest BCUT2D eigenvalue weighted by molar-refractivity contribution is -0.169. The molecule has 1 aromatic heterocycles. The van der Waals surface area contributed by atoms with Gasteiger partial charge in [0, 0.05) is 22.9 Å². The lowest BCUT2D eigenvalue weighted by Crippen LogP contribution is -2.62. The van der Waals surface area contributed by atoms with E-state index < -0.39 is 5.41 Å². The number of nitrogens with one attached hydrogen (secondary N) is 1. The Labute approximate surface area is 263 Å². The Bertz CT molecular complexity index is 1530. The van der Waals surface area contributed by atoms with Gasteiger partial charge in [-0.05, 0) is 104 Å². The molecule has 44 heavy (non-hydrogen) atoms. The number of aromatic nitrogens is 3. The number of nitrogens with zero attached hydrogens (tertiary/aromatic N) is 3. The lowest BCUT2D eigenvalue weighted by atomic mass is 9.34. The number of aryl methyl sites for hydroxylation is 1. The normalized spacial score (nSPS) is 38.2. The summed E-state index contributed by atoms with van der Waals surface area (Å²) < 4.78 is 1.88. The molecular formula is C37H52N4O3. The average molecular weight is 601 g/mol. The molecule has 2 N–H and O–H groups in total. The molecule has 6 atom stereocenters. The molecule has 0 unspecified atom stereocenters. The molecule has 0 radical (unpaired) electrons. The number of allylic oxidation sites excluding steroid dienone is 7. The Morgan fingerprint density at radius 1 is 1.07 bits per heavy atom. The molecule has 0 aliphatic heterocycles. The molecule has 3 saturated carbocycles. The van der Waals surface area contributed by atoms with Gasteiger partial charge in [0.1, 0.15) is 5.69 Å².